The Labute approximate surface area is 200 Å². The largest absolute Gasteiger partial charge is 0.351 e. The molecule has 1 aliphatic rings. The van der Waals surface area contributed by atoms with E-state index in [0.29, 0.717) is 10.1 Å². The lowest BCUT2D eigenvalue weighted by Crippen LogP contribution is -2.30. The zero-order valence-electron chi connectivity index (χ0n) is 17.2. The SMILES string of the molecule is O=[N+]([O-])c1ccc(-n2cccc2[C@H]2[C@@H](c3ccccn3)NC(=S)N2c2ccc(Cl)cc2)cc1. The molecule has 2 aromatic heterocycles. The smallest absolute Gasteiger partial charge is 0.269 e. The second-order valence-electron chi connectivity index (χ2n) is 7.55. The molecule has 3 heterocycles. The molecule has 1 fully saturated rings. The number of nitro benzene ring substituents is 1. The molecule has 0 saturated carbocycles. The Balaban J connectivity index is 1.63. The molecule has 2 aromatic carbocycles. The van der Waals surface area contributed by atoms with Crippen LogP contribution in [0.25, 0.3) is 5.69 Å². The Bertz CT molecular complexity index is 1310. The Kier molecular flexibility index (Phi) is 5.53. The summed E-state index contributed by atoms with van der Waals surface area (Å²) in [7, 11) is 0. The average Bonchev–Trinajstić information content (AvgIpc) is 3.44. The van der Waals surface area contributed by atoms with Crippen molar-refractivity contribution in [2.75, 3.05) is 4.90 Å². The van der Waals surface area contributed by atoms with Crippen LogP contribution in [0.1, 0.15) is 23.5 Å². The van der Waals surface area contributed by atoms with Crippen molar-refractivity contribution >= 4 is 40.3 Å². The van der Waals surface area contributed by atoms with E-state index in [0.717, 1.165) is 22.8 Å². The Morgan fingerprint density at radius 3 is 2.36 bits per heavy atom. The van der Waals surface area contributed by atoms with Gasteiger partial charge in [0.25, 0.3) is 5.69 Å². The molecule has 7 nitrogen and oxygen atoms in total. The third-order valence-electron chi connectivity index (χ3n) is 5.62. The lowest BCUT2D eigenvalue weighted by Gasteiger charge is -2.29. The molecule has 0 bridgehead atoms. The fraction of sp³-hybridized carbons (Fsp3) is 0.0833. The summed E-state index contributed by atoms with van der Waals surface area (Å²) >= 11 is 11.9. The van der Waals surface area contributed by atoms with E-state index in [4.69, 9.17) is 23.8 Å². The Morgan fingerprint density at radius 2 is 1.70 bits per heavy atom. The number of halogens is 1. The van der Waals surface area contributed by atoms with Crippen LogP contribution in [0.3, 0.4) is 0 Å². The van der Waals surface area contributed by atoms with Crippen molar-refractivity contribution in [2.24, 2.45) is 0 Å². The quantitative estimate of drug-likeness (QED) is 0.229. The summed E-state index contributed by atoms with van der Waals surface area (Å²) in [5.41, 5.74) is 3.58. The molecule has 9 heteroatoms. The van der Waals surface area contributed by atoms with E-state index in [1.165, 1.54) is 12.1 Å². The van der Waals surface area contributed by atoms with E-state index in [1.54, 1.807) is 18.3 Å². The lowest BCUT2D eigenvalue weighted by atomic mass is 10.0. The maximum atomic E-state index is 11.1. The molecule has 1 N–H and O–H groups in total. The van der Waals surface area contributed by atoms with Gasteiger partial charge in [0.1, 0.15) is 6.04 Å². The summed E-state index contributed by atoms with van der Waals surface area (Å²) in [4.78, 5) is 17.3. The van der Waals surface area contributed by atoms with Gasteiger partial charge in [-0.2, -0.15) is 0 Å². The molecule has 5 rings (SSSR count). The predicted molar refractivity (Wildman–Crippen MR) is 132 cm³/mol. The molecule has 4 aromatic rings. The molecule has 164 valence electrons. The second-order valence-corrected chi connectivity index (χ2v) is 8.37. The molecule has 0 unspecified atom stereocenters. The summed E-state index contributed by atoms with van der Waals surface area (Å²) < 4.78 is 2.02. The summed E-state index contributed by atoms with van der Waals surface area (Å²) in [6, 6.07) is 23.4. The normalized spacial score (nSPS) is 17.7. The Morgan fingerprint density at radius 1 is 0.970 bits per heavy atom. The van der Waals surface area contributed by atoms with Crippen molar-refractivity contribution in [1.29, 1.82) is 0 Å². The second kappa shape index (κ2) is 8.65. The summed E-state index contributed by atoms with van der Waals surface area (Å²) in [6.07, 6.45) is 3.70. The number of thiocarbonyl (C=S) groups is 1. The number of anilines is 1. The molecule has 1 saturated heterocycles. The minimum atomic E-state index is -0.404. The zero-order valence-corrected chi connectivity index (χ0v) is 18.8. The number of aromatic nitrogens is 2. The number of rotatable bonds is 5. The fourth-order valence-electron chi connectivity index (χ4n) is 4.14. The van der Waals surface area contributed by atoms with Crippen LogP contribution < -0.4 is 10.2 Å². The van der Waals surface area contributed by atoms with Crippen molar-refractivity contribution in [3.05, 3.63) is 118 Å². The van der Waals surface area contributed by atoms with Crippen LogP contribution in [0.4, 0.5) is 11.4 Å². The maximum Gasteiger partial charge on any atom is 0.269 e. The average molecular weight is 476 g/mol. The van der Waals surface area contributed by atoms with Gasteiger partial charge < -0.3 is 14.8 Å². The first-order valence-electron chi connectivity index (χ1n) is 10.2. The Hall–Kier alpha value is -3.75. The zero-order chi connectivity index (χ0) is 22.9. The topological polar surface area (TPSA) is 76.2 Å². The number of nitrogens with zero attached hydrogens (tertiary/aromatic N) is 4. The molecule has 33 heavy (non-hydrogen) atoms. The predicted octanol–water partition coefficient (Wildman–Crippen LogP) is 5.61. The van der Waals surface area contributed by atoms with Gasteiger partial charge in [-0.25, -0.2) is 0 Å². The first-order valence-corrected chi connectivity index (χ1v) is 11.0. The molecule has 0 spiro atoms. The van der Waals surface area contributed by atoms with Crippen molar-refractivity contribution in [3.8, 4) is 5.69 Å². The lowest BCUT2D eigenvalue weighted by molar-refractivity contribution is -0.384. The van der Waals surface area contributed by atoms with Crippen LogP contribution in [0.15, 0.2) is 91.3 Å². The van der Waals surface area contributed by atoms with Crippen LogP contribution in [0, 0.1) is 10.1 Å². The molecular weight excluding hydrogens is 458 g/mol. The highest BCUT2D eigenvalue weighted by atomic mass is 35.5. The van der Waals surface area contributed by atoms with E-state index in [-0.39, 0.29) is 17.8 Å². The van der Waals surface area contributed by atoms with Gasteiger partial charge in [0.15, 0.2) is 5.11 Å². The minimum absolute atomic E-state index is 0.0466. The highest BCUT2D eigenvalue weighted by Crippen LogP contribution is 2.42. The van der Waals surface area contributed by atoms with Gasteiger partial charge in [0, 0.05) is 46.6 Å². The highest BCUT2D eigenvalue weighted by molar-refractivity contribution is 7.80. The minimum Gasteiger partial charge on any atom is -0.351 e. The van der Waals surface area contributed by atoms with Crippen molar-refractivity contribution < 1.29 is 4.92 Å². The van der Waals surface area contributed by atoms with Gasteiger partial charge in [-0.3, -0.25) is 15.1 Å². The number of benzene rings is 2. The number of non-ortho nitro benzene ring substituents is 1. The van der Waals surface area contributed by atoms with E-state index >= 15 is 0 Å². The van der Waals surface area contributed by atoms with Gasteiger partial charge in [-0.1, -0.05) is 17.7 Å². The van der Waals surface area contributed by atoms with E-state index < -0.39 is 4.92 Å². The summed E-state index contributed by atoms with van der Waals surface area (Å²) in [5.74, 6) is 0. The molecule has 0 radical (unpaired) electrons. The van der Waals surface area contributed by atoms with Gasteiger partial charge in [0.05, 0.1) is 16.7 Å². The van der Waals surface area contributed by atoms with Crippen LogP contribution in [0.5, 0.6) is 0 Å². The van der Waals surface area contributed by atoms with Gasteiger partial charge in [0.2, 0.25) is 0 Å². The van der Waals surface area contributed by atoms with Crippen molar-refractivity contribution in [2.45, 2.75) is 12.1 Å². The number of hydrogen-bond donors (Lipinski definition) is 1. The van der Waals surface area contributed by atoms with Crippen LogP contribution in [-0.4, -0.2) is 19.6 Å². The van der Waals surface area contributed by atoms with E-state index in [1.807, 2.05) is 65.4 Å². The van der Waals surface area contributed by atoms with Crippen LogP contribution in [-0.2, 0) is 0 Å². The number of pyridine rings is 1. The van der Waals surface area contributed by atoms with Gasteiger partial charge in [-0.05, 0) is 72.9 Å². The molecule has 1 aliphatic heterocycles. The van der Waals surface area contributed by atoms with E-state index in [2.05, 4.69) is 15.2 Å². The summed E-state index contributed by atoms with van der Waals surface area (Å²) in [5, 5.41) is 15.7. The summed E-state index contributed by atoms with van der Waals surface area (Å²) in [6.45, 7) is 0. The van der Waals surface area contributed by atoms with Crippen LogP contribution >= 0.6 is 23.8 Å². The first kappa shape index (κ1) is 21.1. The van der Waals surface area contributed by atoms with Gasteiger partial charge in [-0.15, -0.1) is 0 Å². The fourth-order valence-corrected chi connectivity index (χ4v) is 4.61. The van der Waals surface area contributed by atoms with Gasteiger partial charge >= 0.3 is 0 Å². The molecule has 0 aliphatic carbocycles. The van der Waals surface area contributed by atoms with Crippen molar-refractivity contribution in [1.82, 2.24) is 14.9 Å². The first-order chi connectivity index (χ1) is 16.0. The third kappa shape index (κ3) is 3.94. The number of hydrogen-bond acceptors (Lipinski definition) is 4. The third-order valence-corrected chi connectivity index (χ3v) is 6.19. The number of nitro groups is 1. The monoisotopic (exact) mass is 475 g/mol. The molecule has 2 atom stereocenters. The standard InChI is InChI=1S/C24H18ClN5O2S/c25-16-6-8-18(9-7-16)29-23(22(27-24(29)33)20-4-1-2-14-26-20)21-5-3-15-28(21)17-10-12-19(13-11-17)30(31)32/h1-15,22-23H,(H,27,33)/t22-,23+/m1/s1. The highest BCUT2D eigenvalue weighted by Gasteiger charge is 2.42. The maximum absolute atomic E-state index is 11.1. The molecule has 0 amide bonds. The van der Waals surface area contributed by atoms with Crippen LogP contribution in [0.2, 0.25) is 5.02 Å². The number of nitrogens with one attached hydrogen (secondary N) is 1. The van der Waals surface area contributed by atoms with Crippen molar-refractivity contribution in [3.63, 3.8) is 0 Å². The molecular formula is C24H18ClN5O2S. The van der Waals surface area contributed by atoms with E-state index in [9.17, 15) is 10.1 Å².